The Balaban J connectivity index is 1.52. The standard InChI is InChI=1S/C20H27FN4O2S/c1-25(9-8-21)13-3-5-14(6-4-13)27-19-18-17-12(10-16(22)26)2-7-15(17)28-20(18)24-11-23-19/h11-14H,2-10H2,1H3,(H2,22,26). The maximum Gasteiger partial charge on any atom is 0.225 e. The van der Waals surface area contributed by atoms with Crippen LogP contribution in [0.3, 0.4) is 0 Å². The van der Waals surface area contributed by atoms with Crippen LogP contribution in [0.1, 0.15) is 54.9 Å². The number of aromatic nitrogens is 2. The quantitative estimate of drug-likeness (QED) is 0.764. The van der Waals surface area contributed by atoms with Crippen molar-refractivity contribution in [3.8, 4) is 5.88 Å². The van der Waals surface area contributed by atoms with Gasteiger partial charge in [0.05, 0.1) is 5.39 Å². The Morgan fingerprint density at radius 2 is 2.11 bits per heavy atom. The van der Waals surface area contributed by atoms with Crippen molar-refractivity contribution >= 4 is 27.5 Å². The number of halogens is 1. The molecule has 28 heavy (non-hydrogen) atoms. The van der Waals surface area contributed by atoms with Crippen LogP contribution in [0.5, 0.6) is 5.88 Å². The molecule has 8 heteroatoms. The summed E-state index contributed by atoms with van der Waals surface area (Å²) in [7, 11) is 1.99. The fraction of sp³-hybridized carbons (Fsp3) is 0.650. The molecule has 0 aliphatic heterocycles. The zero-order valence-electron chi connectivity index (χ0n) is 16.2. The number of fused-ring (bicyclic) bond motifs is 3. The van der Waals surface area contributed by atoms with E-state index in [9.17, 15) is 9.18 Å². The molecule has 2 N–H and O–H groups in total. The number of rotatable bonds is 7. The first kappa shape index (κ1) is 19.5. The molecule has 0 radical (unpaired) electrons. The highest BCUT2D eigenvalue weighted by Crippen LogP contribution is 2.47. The number of aryl methyl sites for hydroxylation is 1. The van der Waals surface area contributed by atoms with Gasteiger partial charge in [-0.05, 0) is 57.1 Å². The van der Waals surface area contributed by atoms with Crippen molar-refractivity contribution < 1.29 is 13.9 Å². The Kier molecular flexibility index (Phi) is 5.78. The summed E-state index contributed by atoms with van der Waals surface area (Å²) in [6.45, 7) is 0.187. The molecule has 4 rings (SSSR count). The van der Waals surface area contributed by atoms with Crippen LogP contribution in [-0.4, -0.2) is 53.2 Å². The summed E-state index contributed by atoms with van der Waals surface area (Å²) in [5.41, 5.74) is 6.64. The summed E-state index contributed by atoms with van der Waals surface area (Å²) in [4.78, 5) is 24.7. The summed E-state index contributed by atoms with van der Waals surface area (Å²) < 4.78 is 18.9. The number of nitrogens with zero attached hydrogens (tertiary/aromatic N) is 3. The summed E-state index contributed by atoms with van der Waals surface area (Å²) in [5.74, 6) is 0.506. The lowest BCUT2D eigenvalue weighted by Crippen LogP contribution is -2.38. The first-order valence-electron chi connectivity index (χ1n) is 10.0. The van der Waals surface area contributed by atoms with E-state index in [0.29, 0.717) is 24.9 Å². The van der Waals surface area contributed by atoms with Crippen molar-refractivity contribution in [3.63, 3.8) is 0 Å². The van der Waals surface area contributed by atoms with Gasteiger partial charge in [-0.2, -0.15) is 0 Å². The minimum atomic E-state index is -0.304. The lowest BCUT2D eigenvalue weighted by Gasteiger charge is -2.34. The Bertz CT molecular complexity index is 850. The molecule has 1 amide bonds. The van der Waals surface area contributed by atoms with Gasteiger partial charge < -0.3 is 15.4 Å². The number of nitrogens with two attached hydrogens (primary N) is 1. The molecule has 0 aromatic carbocycles. The van der Waals surface area contributed by atoms with E-state index in [4.69, 9.17) is 10.5 Å². The Labute approximate surface area is 168 Å². The molecule has 1 atom stereocenters. The molecule has 2 aromatic rings. The van der Waals surface area contributed by atoms with E-state index in [2.05, 4.69) is 14.9 Å². The molecular weight excluding hydrogens is 379 g/mol. The minimum absolute atomic E-state index is 0.111. The molecule has 152 valence electrons. The van der Waals surface area contributed by atoms with Crippen LogP contribution in [0.4, 0.5) is 4.39 Å². The molecule has 0 spiro atoms. The zero-order chi connectivity index (χ0) is 19.7. The number of alkyl halides is 1. The van der Waals surface area contributed by atoms with E-state index in [0.717, 1.165) is 48.7 Å². The van der Waals surface area contributed by atoms with Crippen molar-refractivity contribution in [1.82, 2.24) is 14.9 Å². The lowest BCUT2D eigenvalue weighted by molar-refractivity contribution is -0.118. The van der Waals surface area contributed by atoms with E-state index < -0.39 is 0 Å². The van der Waals surface area contributed by atoms with Gasteiger partial charge in [-0.25, -0.2) is 14.4 Å². The number of thiophene rings is 1. The number of amides is 1. The van der Waals surface area contributed by atoms with Gasteiger partial charge in [0, 0.05) is 23.9 Å². The second kappa shape index (κ2) is 8.29. The predicted octanol–water partition coefficient (Wildman–Crippen LogP) is 3.19. The van der Waals surface area contributed by atoms with Crippen molar-refractivity contribution in [3.05, 3.63) is 16.8 Å². The van der Waals surface area contributed by atoms with E-state index >= 15 is 0 Å². The SMILES string of the molecule is CN(CCF)C1CCC(Oc2ncnc3sc4c(c23)C(CC(N)=O)CC4)CC1. The number of ether oxygens (including phenoxy) is 1. The van der Waals surface area contributed by atoms with Crippen LogP contribution in [0, 0.1) is 0 Å². The van der Waals surface area contributed by atoms with Crippen LogP contribution in [0.15, 0.2) is 6.33 Å². The molecule has 2 aliphatic rings. The molecule has 2 aliphatic carbocycles. The Morgan fingerprint density at radius 1 is 1.32 bits per heavy atom. The van der Waals surface area contributed by atoms with Gasteiger partial charge in [-0.1, -0.05) is 0 Å². The Morgan fingerprint density at radius 3 is 2.82 bits per heavy atom. The molecule has 2 heterocycles. The molecule has 6 nitrogen and oxygen atoms in total. The van der Waals surface area contributed by atoms with Gasteiger partial charge in [0.1, 0.15) is 23.9 Å². The van der Waals surface area contributed by atoms with Gasteiger partial charge in [-0.15, -0.1) is 11.3 Å². The second-order valence-electron chi connectivity index (χ2n) is 7.92. The van der Waals surface area contributed by atoms with Gasteiger partial charge >= 0.3 is 0 Å². The first-order chi connectivity index (χ1) is 13.6. The van der Waals surface area contributed by atoms with E-state index in [-0.39, 0.29) is 24.6 Å². The lowest BCUT2D eigenvalue weighted by atomic mass is 9.92. The minimum Gasteiger partial charge on any atom is -0.474 e. The number of carbonyl (C=O) groups is 1. The fourth-order valence-corrected chi connectivity index (χ4v) is 5.89. The molecule has 0 saturated heterocycles. The first-order valence-corrected chi connectivity index (χ1v) is 10.9. The highest BCUT2D eigenvalue weighted by molar-refractivity contribution is 7.19. The monoisotopic (exact) mass is 406 g/mol. The fourth-order valence-electron chi connectivity index (χ4n) is 4.65. The molecule has 1 unspecified atom stereocenters. The van der Waals surface area contributed by atoms with Gasteiger partial charge in [0.15, 0.2) is 0 Å². The van der Waals surface area contributed by atoms with Crippen LogP contribution in [0.2, 0.25) is 0 Å². The van der Waals surface area contributed by atoms with Crippen LogP contribution in [-0.2, 0) is 11.2 Å². The number of hydrogen-bond acceptors (Lipinski definition) is 6. The molecular formula is C20H27FN4O2S. The largest absolute Gasteiger partial charge is 0.474 e. The average Bonchev–Trinajstić information content (AvgIpc) is 3.22. The van der Waals surface area contributed by atoms with E-state index in [1.807, 2.05) is 7.05 Å². The predicted molar refractivity (Wildman–Crippen MR) is 108 cm³/mol. The summed E-state index contributed by atoms with van der Waals surface area (Å²) >= 11 is 1.68. The third-order valence-electron chi connectivity index (χ3n) is 6.13. The van der Waals surface area contributed by atoms with Gasteiger partial charge in [0.25, 0.3) is 0 Å². The van der Waals surface area contributed by atoms with Gasteiger partial charge in [0.2, 0.25) is 11.8 Å². The van der Waals surface area contributed by atoms with Gasteiger partial charge in [-0.3, -0.25) is 4.79 Å². The summed E-state index contributed by atoms with van der Waals surface area (Å²) in [6, 6.07) is 0.423. The van der Waals surface area contributed by atoms with Crippen molar-refractivity contribution in [2.45, 2.75) is 63.0 Å². The molecule has 0 bridgehead atoms. The number of hydrogen-bond donors (Lipinski definition) is 1. The summed E-state index contributed by atoms with van der Waals surface area (Å²) in [5, 5.41) is 0.975. The third-order valence-corrected chi connectivity index (χ3v) is 7.30. The highest BCUT2D eigenvalue weighted by Gasteiger charge is 2.32. The number of carbonyl (C=O) groups excluding carboxylic acids is 1. The zero-order valence-corrected chi connectivity index (χ0v) is 17.0. The van der Waals surface area contributed by atoms with Crippen molar-refractivity contribution in [2.24, 2.45) is 5.73 Å². The van der Waals surface area contributed by atoms with E-state index in [1.165, 1.54) is 10.4 Å². The Hall–Kier alpha value is -1.80. The van der Waals surface area contributed by atoms with E-state index in [1.54, 1.807) is 17.7 Å². The molecule has 1 saturated carbocycles. The number of primary amides is 1. The maximum absolute atomic E-state index is 12.6. The topological polar surface area (TPSA) is 81.3 Å². The van der Waals surface area contributed by atoms with Crippen molar-refractivity contribution in [1.29, 1.82) is 0 Å². The highest BCUT2D eigenvalue weighted by atomic mass is 32.1. The molecule has 1 fully saturated rings. The second-order valence-corrected chi connectivity index (χ2v) is 9.01. The van der Waals surface area contributed by atoms with Crippen molar-refractivity contribution in [2.75, 3.05) is 20.3 Å². The average molecular weight is 407 g/mol. The summed E-state index contributed by atoms with van der Waals surface area (Å²) in [6.07, 6.45) is 7.81. The van der Waals surface area contributed by atoms with Crippen LogP contribution in [0.25, 0.3) is 10.2 Å². The van der Waals surface area contributed by atoms with Crippen LogP contribution >= 0.6 is 11.3 Å². The maximum atomic E-state index is 12.6. The van der Waals surface area contributed by atoms with Crippen LogP contribution < -0.4 is 10.5 Å². The normalized spacial score (nSPS) is 24.6. The smallest absolute Gasteiger partial charge is 0.225 e. The molecule has 2 aromatic heterocycles. The third kappa shape index (κ3) is 3.85.